The normalized spacial score (nSPS) is 57.2. The molecule has 1 aliphatic heterocycles. The van der Waals surface area contributed by atoms with Crippen LogP contribution in [0.1, 0.15) is 27.7 Å². The van der Waals surface area contributed by atoms with Crippen LogP contribution in [0.25, 0.3) is 0 Å². The zero-order valence-electron chi connectivity index (χ0n) is 9.20. The maximum absolute atomic E-state index is 13.7. The molecule has 1 saturated heterocycles. The molecule has 3 heteroatoms. The fourth-order valence-electron chi connectivity index (χ4n) is 2.83. The highest BCUT2D eigenvalue weighted by molar-refractivity contribution is 5.20. The monoisotopic (exact) mass is 202 g/mol. The number of aliphatic hydroxyl groups is 1. The van der Waals surface area contributed by atoms with E-state index in [4.69, 9.17) is 4.74 Å². The van der Waals surface area contributed by atoms with Gasteiger partial charge in [0.25, 0.3) is 0 Å². The second-order valence-corrected chi connectivity index (χ2v) is 5.15. The standard InChI is InChI=1S/C11H19FO2/c1-5(2)9-8(12)10(13)11(14-9)6(3)7(11)4/h5-10,13H,1-4H3/t6-,7?,8-,9-,10-,11?/m1/s1. The van der Waals surface area contributed by atoms with E-state index in [-0.39, 0.29) is 17.8 Å². The molecule has 0 aromatic heterocycles. The lowest BCUT2D eigenvalue weighted by Crippen LogP contribution is -2.33. The predicted molar refractivity (Wildman–Crippen MR) is 51.7 cm³/mol. The average Bonchev–Trinajstić information content (AvgIpc) is 2.50. The lowest BCUT2D eigenvalue weighted by atomic mass is 9.99. The molecular weight excluding hydrogens is 183 g/mol. The summed E-state index contributed by atoms with van der Waals surface area (Å²) < 4.78 is 19.5. The van der Waals surface area contributed by atoms with Crippen LogP contribution in [0.5, 0.6) is 0 Å². The minimum Gasteiger partial charge on any atom is -0.387 e. The summed E-state index contributed by atoms with van der Waals surface area (Å²) in [5.74, 6) is 0.679. The van der Waals surface area contributed by atoms with Crippen LogP contribution in [0.2, 0.25) is 0 Å². The smallest absolute Gasteiger partial charge is 0.155 e. The van der Waals surface area contributed by atoms with E-state index in [0.717, 1.165) is 0 Å². The van der Waals surface area contributed by atoms with Crippen molar-refractivity contribution in [3.8, 4) is 0 Å². The Morgan fingerprint density at radius 1 is 1.29 bits per heavy atom. The fraction of sp³-hybridized carbons (Fsp3) is 1.00. The van der Waals surface area contributed by atoms with Gasteiger partial charge >= 0.3 is 0 Å². The maximum Gasteiger partial charge on any atom is 0.155 e. The first-order valence-corrected chi connectivity index (χ1v) is 5.43. The van der Waals surface area contributed by atoms with Crippen molar-refractivity contribution in [1.82, 2.24) is 0 Å². The van der Waals surface area contributed by atoms with Crippen LogP contribution in [-0.4, -0.2) is 29.1 Å². The summed E-state index contributed by atoms with van der Waals surface area (Å²) in [7, 11) is 0. The van der Waals surface area contributed by atoms with Gasteiger partial charge in [-0.1, -0.05) is 27.7 Å². The lowest BCUT2D eigenvalue weighted by Gasteiger charge is -2.17. The molecule has 0 radical (unpaired) electrons. The van der Waals surface area contributed by atoms with E-state index in [0.29, 0.717) is 0 Å². The fourth-order valence-corrected chi connectivity index (χ4v) is 2.83. The SMILES string of the molecule is CC(C)[C@H]1OC2(C(C)[C@H]2C)[C@H](O)[C@@H]1F. The molecule has 14 heavy (non-hydrogen) atoms. The van der Waals surface area contributed by atoms with E-state index < -0.39 is 24.0 Å². The minimum absolute atomic E-state index is 0.124. The van der Waals surface area contributed by atoms with Crippen molar-refractivity contribution in [2.45, 2.75) is 51.7 Å². The number of aliphatic hydroxyl groups excluding tert-OH is 1. The number of ether oxygens (including phenoxy) is 1. The van der Waals surface area contributed by atoms with E-state index in [1.807, 2.05) is 27.7 Å². The van der Waals surface area contributed by atoms with E-state index >= 15 is 0 Å². The summed E-state index contributed by atoms with van der Waals surface area (Å²) >= 11 is 0. The number of hydrogen-bond acceptors (Lipinski definition) is 2. The maximum atomic E-state index is 13.7. The van der Waals surface area contributed by atoms with Crippen LogP contribution in [0.3, 0.4) is 0 Å². The molecule has 0 amide bonds. The molecule has 2 nitrogen and oxygen atoms in total. The van der Waals surface area contributed by atoms with Gasteiger partial charge in [-0.3, -0.25) is 0 Å². The molecule has 1 aliphatic carbocycles. The summed E-state index contributed by atoms with van der Waals surface area (Å²) in [5, 5.41) is 9.85. The highest BCUT2D eigenvalue weighted by atomic mass is 19.1. The Morgan fingerprint density at radius 2 is 1.79 bits per heavy atom. The van der Waals surface area contributed by atoms with E-state index in [1.165, 1.54) is 0 Å². The third-order valence-corrected chi connectivity index (χ3v) is 4.14. The Morgan fingerprint density at radius 3 is 2.00 bits per heavy atom. The van der Waals surface area contributed by atoms with E-state index in [9.17, 15) is 9.50 Å². The molecule has 0 aromatic rings. The average molecular weight is 202 g/mol. The Bertz CT molecular complexity index is 231. The van der Waals surface area contributed by atoms with Gasteiger partial charge in [-0.25, -0.2) is 4.39 Å². The molecular formula is C11H19FO2. The lowest BCUT2D eigenvalue weighted by molar-refractivity contribution is -0.0409. The van der Waals surface area contributed by atoms with Gasteiger partial charge in [-0.05, 0) is 17.8 Å². The molecule has 0 bridgehead atoms. The molecule has 2 aliphatic rings. The van der Waals surface area contributed by atoms with Gasteiger partial charge in [-0.15, -0.1) is 0 Å². The van der Waals surface area contributed by atoms with Crippen LogP contribution in [-0.2, 0) is 4.74 Å². The first-order chi connectivity index (χ1) is 6.43. The second-order valence-electron chi connectivity index (χ2n) is 5.15. The first kappa shape index (κ1) is 10.4. The molecule has 1 saturated carbocycles. The Hall–Kier alpha value is -0.150. The number of rotatable bonds is 1. The van der Waals surface area contributed by atoms with Crippen molar-refractivity contribution in [3.63, 3.8) is 0 Å². The molecule has 2 rings (SSSR count). The Labute approximate surface area is 84.5 Å². The van der Waals surface area contributed by atoms with Crippen molar-refractivity contribution in [2.24, 2.45) is 17.8 Å². The zero-order valence-corrected chi connectivity index (χ0v) is 9.20. The Kier molecular flexibility index (Phi) is 2.16. The van der Waals surface area contributed by atoms with Gasteiger partial charge in [0.05, 0.1) is 6.10 Å². The van der Waals surface area contributed by atoms with Gasteiger partial charge in [0.15, 0.2) is 6.17 Å². The number of hydrogen-bond donors (Lipinski definition) is 1. The van der Waals surface area contributed by atoms with E-state index in [2.05, 4.69) is 0 Å². The molecule has 1 N–H and O–H groups in total. The second kappa shape index (κ2) is 2.92. The van der Waals surface area contributed by atoms with Crippen molar-refractivity contribution < 1.29 is 14.2 Å². The van der Waals surface area contributed by atoms with Crippen molar-refractivity contribution >= 4 is 0 Å². The molecule has 1 spiro atoms. The topological polar surface area (TPSA) is 29.5 Å². The van der Waals surface area contributed by atoms with E-state index in [1.54, 1.807) is 0 Å². The van der Waals surface area contributed by atoms with Gasteiger partial charge in [0.2, 0.25) is 0 Å². The highest BCUT2D eigenvalue weighted by Gasteiger charge is 2.72. The summed E-state index contributed by atoms with van der Waals surface area (Å²) in [6, 6.07) is 0. The quantitative estimate of drug-likeness (QED) is 0.702. The predicted octanol–water partition coefficient (Wildman–Crippen LogP) is 1.76. The van der Waals surface area contributed by atoms with Crippen LogP contribution in [0.4, 0.5) is 4.39 Å². The van der Waals surface area contributed by atoms with Gasteiger partial charge in [0.1, 0.15) is 11.7 Å². The van der Waals surface area contributed by atoms with Crippen molar-refractivity contribution in [2.75, 3.05) is 0 Å². The third kappa shape index (κ3) is 1.03. The van der Waals surface area contributed by atoms with Crippen molar-refractivity contribution in [3.05, 3.63) is 0 Å². The third-order valence-electron chi connectivity index (χ3n) is 4.14. The Balaban J connectivity index is 2.19. The molecule has 82 valence electrons. The summed E-state index contributed by atoms with van der Waals surface area (Å²) in [5.41, 5.74) is -0.575. The molecule has 0 aromatic carbocycles. The molecule has 6 atom stereocenters. The molecule has 1 heterocycles. The van der Waals surface area contributed by atoms with Gasteiger partial charge in [0, 0.05) is 0 Å². The summed E-state index contributed by atoms with van der Waals surface area (Å²) in [6.07, 6.45) is -2.58. The molecule has 2 fully saturated rings. The summed E-state index contributed by atoms with van der Waals surface area (Å²) in [6.45, 7) is 7.90. The minimum atomic E-state index is -1.22. The van der Waals surface area contributed by atoms with Gasteiger partial charge < -0.3 is 9.84 Å². The summed E-state index contributed by atoms with van der Waals surface area (Å²) in [4.78, 5) is 0. The molecule has 2 unspecified atom stereocenters. The van der Waals surface area contributed by atoms with Crippen LogP contribution in [0, 0.1) is 17.8 Å². The largest absolute Gasteiger partial charge is 0.387 e. The van der Waals surface area contributed by atoms with Crippen LogP contribution < -0.4 is 0 Å². The highest BCUT2D eigenvalue weighted by Crippen LogP contribution is 2.60. The van der Waals surface area contributed by atoms with Crippen LogP contribution >= 0.6 is 0 Å². The van der Waals surface area contributed by atoms with Crippen molar-refractivity contribution in [1.29, 1.82) is 0 Å². The number of alkyl halides is 1. The van der Waals surface area contributed by atoms with Gasteiger partial charge in [-0.2, -0.15) is 0 Å². The first-order valence-electron chi connectivity index (χ1n) is 5.43. The van der Waals surface area contributed by atoms with Crippen LogP contribution in [0.15, 0.2) is 0 Å². The number of halogens is 1. The zero-order chi connectivity index (χ0) is 10.7.